The lowest BCUT2D eigenvalue weighted by atomic mass is 10.0. The first-order valence-electron chi connectivity index (χ1n) is 10.0. The maximum Gasteiger partial charge on any atom is 0.244 e. The highest BCUT2D eigenvalue weighted by Crippen LogP contribution is 2.32. The van der Waals surface area contributed by atoms with Gasteiger partial charge in [-0.3, -0.25) is 4.90 Å². The van der Waals surface area contributed by atoms with Crippen LogP contribution in [0.5, 0.6) is 5.75 Å². The minimum Gasteiger partial charge on any atom is -0.497 e. The Morgan fingerprint density at radius 2 is 1.93 bits per heavy atom. The van der Waals surface area contributed by atoms with Crippen molar-refractivity contribution in [1.82, 2.24) is 25.0 Å². The highest BCUT2D eigenvalue weighted by Gasteiger charge is 2.33. The number of hydrogen-bond acceptors (Lipinski definition) is 6. The largest absolute Gasteiger partial charge is 0.497 e. The van der Waals surface area contributed by atoms with Gasteiger partial charge in [0.15, 0.2) is 5.82 Å². The summed E-state index contributed by atoms with van der Waals surface area (Å²) in [6.45, 7) is 1.52. The molecule has 1 N–H and O–H groups in total. The van der Waals surface area contributed by atoms with Crippen LogP contribution < -0.4 is 4.74 Å². The fraction of sp³-hybridized carbons (Fsp3) is 0.261. The number of benzene rings is 2. The van der Waals surface area contributed by atoms with Crippen LogP contribution >= 0.6 is 0 Å². The molecule has 4 aromatic rings. The van der Waals surface area contributed by atoms with Gasteiger partial charge in [-0.1, -0.05) is 47.6 Å². The topological polar surface area (TPSA) is 80.1 Å². The van der Waals surface area contributed by atoms with Gasteiger partial charge in [-0.2, -0.15) is 4.98 Å². The van der Waals surface area contributed by atoms with Crippen LogP contribution in [-0.4, -0.2) is 32.1 Å². The second kappa shape index (κ2) is 8.12. The van der Waals surface area contributed by atoms with Gasteiger partial charge in [0, 0.05) is 25.9 Å². The molecule has 152 valence electrons. The maximum atomic E-state index is 5.71. The molecule has 0 saturated carbocycles. The number of fused-ring (bicyclic) bond motifs is 1. The normalized spacial score (nSPS) is 16.4. The lowest BCUT2D eigenvalue weighted by molar-refractivity contribution is 0.128. The average Bonchev–Trinajstić information content (AvgIpc) is 3.43. The Labute approximate surface area is 174 Å². The van der Waals surface area contributed by atoms with Gasteiger partial charge in [0.1, 0.15) is 5.75 Å². The van der Waals surface area contributed by atoms with Crippen molar-refractivity contribution in [2.24, 2.45) is 0 Å². The standard InChI is InChI=1S/C23H23N5O2/c1-29-18-9-7-17(8-10-18)13-28-14-20-19(24-15-25-20)12-21(28)23-26-22(27-30-23)11-16-5-3-2-4-6-16/h2-10,15,21H,11-14H2,1H3,(H,24,25). The van der Waals surface area contributed by atoms with Gasteiger partial charge >= 0.3 is 0 Å². The summed E-state index contributed by atoms with van der Waals surface area (Å²) < 4.78 is 11.0. The van der Waals surface area contributed by atoms with Gasteiger partial charge in [0.05, 0.1) is 30.9 Å². The van der Waals surface area contributed by atoms with Crippen LogP contribution in [0.4, 0.5) is 0 Å². The van der Waals surface area contributed by atoms with Gasteiger partial charge < -0.3 is 14.2 Å². The van der Waals surface area contributed by atoms with Crippen molar-refractivity contribution in [1.29, 1.82) is 0 Å². The molecule has 0 amide bonds. The van der Waals surface area contributed by atoms with Gasteiger partial charge in [0.2, 0.25) is 5.89 Å². The first kappa shape index (κ1) is 18.6. The highest BCUT2D eigenvalue weighted by molar-refractivity contribution is 5.28. The van der Waals surface area contributed by atoms with Gasteiger partial charge in [-0.15, -0.1) is 0 Å². The molecule has 1 atom stereocenters. The smallest absolute Gasteiger partial charge is 0.244 e. The molecule has 7 nitrogen and oxygen atoms in total. The molecule has 0 spiro atoms. The first-order chi connectivity index (χ1) is 14.8. The minimum absolute atomic E-state index is 0.0140. The summed E-state index contributed by atoms with van der Waals surface area (Å²) in [5, 5.41) is 4.24. The van der Waals surface area contributed by atoms with E-state index >= 15 is 0 Å². The lowest BCUT2D eigenvalue weighted by Crippen LogP contribution is -2.34. The minimum atomic E-state index is -0.0140. The van der Waals surface area contributed by atoms with Crippen molar-refractivity contribution in [3.63, 3.8) is 0 Å². The summed E-state index contributed by atoms with van der Waals surface area (Å²) in [6, 6.07) is 18.3. The van der Waals surface area contributed by atoms with Crippen LogP contribution in [0.25, 0.3) is 0 Å². The summed E-state index contributed by atoms with van der Waals surface area (Å²) in [6.07, 6.45) is 3.15. The van der Waals surface area contributed by atoms with Crippen molar-refractivity contribution in [3.8, 4) is 5.75 Å². The SMILES string of the molecule is COc1ccc(CN2Cc3[nH]cnc3CC2c2nc(Cc3ccccc3)no2)cc1. The van der Waals surface area contributed by atoms with Gasteiger partial charge in [-0.05, 0) is 23.3 Å². The van der Waals surface area contributed by atoms with E-state index in [0.717, 1.165) is 42.2 Å². The summed E-state index contributed by atoms with van der Waals surface area (Å²) in [5.41, 5.74) is 4.57. The van der Waals surface area contributed by atoms with E-state index in [-0.39, 0.29) is 6.04 Å². The molecule has 30 heavy (non-hydrogen) atoms. The monoisotopic (exact) mass is 401 g/mol. The molecule has 1 aliphatic rings. The first-order valence-corrected chi connectivity index (χ1v) is 10.0. The Morgan fingerprint density at radius 1 is 1.10 bits per heavy atom. The van der Waals surface area contributed by atoms with E-state index in [4.69, 9.17) is 14.2 Å². The van der Waals surface area contributed by atoms with Crippen LogP contribution in [0.1, 0.15) is 40.3 Å². The van der Waals surface area contributed by atoms with Gasteiger partial charge in [0.25, 0.3) is 0 Å². The molecule has 0 aliphatic carbocycles. The molecule has 3 heterocycles. The maximum absolute atomic E-state index is 5.71. The van der Waals surface area contributed by atoms with E-state index in [1.165, 1.54) is 5.56 Å². The highest BCUT2D eigenvalue weighted by atomic mass is 16.5. The number of aromatic amines is 1. The van der Waals surface area contributed by atoms with Crippen molar-refractivity contribution in [2.45, 2.75) is 32.0 Å². The molecule has 0 radical (unpaired) electrons. The summed E-state index contributed by atoms with van der Waals surface area (Å²) in [5.74, 6) is 2.20. The van der Waals surface area contributed by atoms with E-state index in [9.17, 15) is 0 Å². The Morgan fingerprint density at radius 3 is 2.73 bits per heavy atom. The number of methoxy groups -OCH3 is 1. The predicted octanol–water partition coefficient (Wildman–Crippen LogP) is 3.69. The fourth-order valence-electron chi connectivity index (χ4n) is 3.92. The number of H-pyrrole nitrogens is 1. The fourth-order valence-corrected chi connectivity index (χ4v) is 3.92. The lowest BCUT2D eigenvalue weighted by Gasteiger charge is -2.32. The number of imidazole rings is 1. The summed E-state index contributed by atoms with van der Waals surface area (Å²) in [4.78, 5) is 14.8. The van der Waals surface area contributed by atoms with Crippen LogP contribution in [0, 0.1) is 0 Å². The zero-order chi connectivity index (χ0) is 20.3. The van der Waals surface area contributed by atoms with Gasteiger partial charge in [-0.25, -0.2) is 4.98 Å². The molecule has 0 fully saturated rings. The van der Waals surface area contributed by atoms with Crippen LogP contribution in [0.15, 0.2) is 65.4 Å². The van der Waals surface area contributed by atoms with E-state index in [2.05, 4.69) is 44.3 Å². The third-order valence-electron chi connectivity index (χ3n) is 5.51. The second-order valence-electron chi connectivity index (χ2n) is 7.51. The molecular formula is C23H23N5O2. The quantitative estimate of drug-likeness (QED) is 0.531. The average molecular weight is 401 g/mol. The molecule has 0 bridgehead atoms. The summed E-state index contributed by atoms with van der Waals surface area (Å²) in [7, 11) is 1.68. The molecule has 1 aliphatic heterocycles. The van der Waals surface area contributed by atoms with Crippen LogP contribution in [0.3, 0.4) is 0 Å². The molecule has 2 aromatic heterocycles. The number of nitrogens with one attached hydrogen (secondary N) is 1. The Bertz CT molecular complexity index is 1100. The number of ether oxygens (including phenoxy) is 1. The van der Waals surface area contributed by atoms with Crippen molar-refractivity contribution >= 4 is 0 Å². The zero-order valence-corrected chi connectivity index (χ0v) is 16.8. The van der Waals surface area contributed by atoms with Crippen molar-refractivity contribution < 1.29 is 9.26 Å². The van der Waals surface area contributed by atoms with E-state index < -0.39 is 0 Å². The molecule has 1 unspecified atom stereocenters. The number of aromatic nitrogens is 4. The predicted molar refractivity (Wildman–Crippen MR) is 111 cm³/mol. The van der Waals surface area contributed by atoms with E-state index in [1.54, 1.807) is 13.4 Å². The summed E-state index contributed by atoms with van der Waals surface area (Å²) >= 11 is 0. The van der Waals surface area contributed by atoms with E-state index in [1.807, 2.05) is 30.3 Å². The molecule has 0 saturated heterocycles. The number of hydrogen-bond donors (Lipinski definition) is 1. The molecule has 2 aromatic carbocycles. The molecule has 7 heteroatoms. The van der Waals surface area contributed by atoms with Crippen LogP contribution in [-0.2, 0) is 25.9 Å². The third-order valence-corrected chi connectivity index (χ3v) is 5.51. The second-order valence-corrected chi connectivity index (χ2v) is 7.51. The Kier molecular flexibility index (Phi) is 5.03. The van der Waals surface area contributed by atoms with Crippen molar-refractivity contribution in [3.05, 3.63) is 95.2 Å². The zero-order valence-electron chi connectivity index (χ0n) is 16.8. The Hall–Kier alpha value is -3.45. The van der Waals surface area contributed by atoms with Crippen LogP contribution in [0.2, 0.25) is 0 Å². The van der Waals surface area contributed by atoms with E-state index in [0.29, 0.717) is 18.1 Å². The molecule has 5 rings (SSSR count). The third kappa shape index (κ3) is 3.84. The molecular weight excluding hydrogens is 378 g/mol. The Balaban J connectivity index is 1.39. The van der Waals surface area contributed by atoms with Crippen molar-refractivity contribution in [2.75, 3.05) is 7.11 Å². The number of rotatable bonds is 6. The number of nitrogens with zero attached hydrogens (tertiary/aromatic N) is 4.